The summed E-state index contributed by atoms with van der Waals surface area (Å²) in [4.78, 5) is 37.8. The number of hydrogen-bond acceptors (Lipinski definition) is 7. The van der Waals surface area contributed by atoms with Gasteiger partial charge in [0.2, 0.25) is 0 Å². The van der Waals surface area contributed by atoms with E-state index in [4.69, 9.17) is 14.2 Å². The highest BCUT2D eigenvalue weighted by Crippen LogP contribution is 2.29. The summed E-state index contributed by atoms with van der Waals surface area (Å²) in [7, 11) is 0. The Bertz CT molecular complexity index is 898. The van der Waals surface area contributed by atoms with Crippen LogP contribution >= 0.6 is 0 Å². The van der Waals surface area contributed by atoms with Crippen molar-refractivity contribution in [2.24, 2.45) is 11.8 Å². The minimum atomic E-state index is -0.663. The Balaban J connectivity index is 2.88. The minimum absolute atomic E-state index is 0.0336. The van der Waals surface area contributed by atoms with E-state index < -0.39 is 28.7 Å². The topological polar surface area (TPSA) is 99.1 Å². The first-order valence-corrected chi connectivity index (χ1v) is 14.3. The number of carbonyl (C=O) groups excluding carboxylic acids is 3. The third kappa shape index (κ3) is 17.6. The van der Waals surface area contributed by atoms with Crippen molar-refractivity contribution in [2.45, 2.75) is 137 Å². The van der Waals surface area contributed by atoms with E-state index in [1.807, 2.05) is 74.4 Å². The molecule has 0 aliphatic heterocycles. The van der Waals surface area contributed by atoms with Crippen molar-refractivity contribution in [3.8, 4) is 5.75 Å². The second-order valence-corrected chi connectivity index (χ2v) is 13.5. The Labute approximate surface area is 236 Å². The molecule has 0 aliphatic carbocycles. The molecule has 1 aromatic rings. The van der Waals surface area contributed by atoms with Gasteiger partial charge in [-0.05, 0) is 105 Å². The minimum Gasteiger partial charge on any atom is -0.508 e. The van der Waals surface area contributed by atoms with Crippen molar-refractivity contribution in [3.63, 3.8) is 0 Å². The maximum Gasteiger partial charge on any atom is 0.310 e. The standard InChI is InChI=1S/C32H52O7/c1-30(2,3)37-27(34)15-13-11-10-12-14-24(20-23-16-18-26(33)19-17-23)21-25(29(36)39-32(7,8)9)22-28(35)38-31(4,5)6/h16-19,24-25,33H,10-15,20-22H2,1-9H3. The first-order chi connectivity index (χ1) is 17.8. The van der Waals surface area contributed by atoms with Gasteiger partial charge in [-0.2, -0.15) is 0 Å². The summed E-state index contributed by atoms with van der Waals surface area (Å²) in [5.74, 6) is -1.26. The summed E-state index contributed by atoms with van der Waals surface area (Å²) in [6.45, 7) is 16.5. The van der Waals surface area contributed by atoms with Gasteiger partial charge >= 0.3 is 17.9 Å². The summed E-state index contributed by atoms with van der Waals surface area (Å²) >= 11 is 0. The molecule has 39 heavy (non-hydrogen) atoms. The van der Waals surface area contributed by atoms with E-state index in [0.29, 0.717) is 19.3 Å². The summed E-state index contributed by atoms with van der Waals surface area (Å²) < 4.78 is 16.6. The van der Waals surface area contributed by atoms with Crippen molar-refractivity contribution in [1.82, 2.24) is 0 Å². The Morgan fingerprint density at radius 1 is 0.718 bits per heavy atom. The maximum atomic E-state index is 13.2. The summed E-state index contributed by atoms with van der Waals surface area (Å²) in [5.41, 5.74) is -0.713. The highest BCUT2D eigenvalue weighted by Gasteiger charge is 2.31. The molecule has 1 rings (SSSR count). The molecule has 7 nitrogen and oxygen atoms in total. The molecule has 2 unspecified atom stereocenters. The fourth-order valence-corrected chi connectivity index (χ4v) is 4.35. The third-order valence-corrected chi connectivity index (χ3v) is 5.82. The van der Waals surface area contributed by atoms with Crippen LogP contribution < -0.4 is 0 Å². The van der Waals surface area contributed by atoms with Crippen LogP contribution in [0.4, 0.5) is 0 Å². The van der Waals surface area contributed by atoms with Crippen LogP contribution in [0, 0.1) is 11.8 Å². The normalized spacial score (nSPS) is 13.9. The molecule has 0 amide bonds. The zero-order chi connectivity index (χ0) is 29.9. The van der Waals surface area contributed by atoms with Gasteiger partial charge in [0.15, 0.2) is 0 Å². The van der Waals surface area contributed by atoms with Crippen LogP contribution in [0.3, 0.4) is 0 Å². The van der Waals surface area contributed by atoms with Crippen molar-refractivity contribution in [3.05, 3.63) is 29.8 Å². The molecular formula is C32H52O7. The molecule has 7 heteroatoms. The summed E-state index contributed by atoms with van der Waals surface area (Å²) in [5, 5.41) is 9.69. The largest absolute Gasteiger partial charge is 0.508 e. The molecule has 0 fully saturated rings. The number of phenols is 1. The van der Waals surface area contributed by atoms with E-state index in [9.17, 15) is 19.5 Å². The Morgan fingerprint density at radius 2 is 1.23 bits per heavy atom. The molecule has 0 spiro atoms. The molecule has 222 valence electrons. The Morgan fingerprint density at radius 3 is 1.77 bits per heavy atom. The van der Waals surface area contributed by atoms with Crippen LogP contribution in [0.1, 0.15) is 119 Å². The predicted octanol–water partition coefficient (Wildman–Crippen LogP) is 7.31. The first kappa shape index (κ1) is 34.5. The predicted molar refractivity (Wildman–Crippen MR) is 153 cm³/mol. The van der Waals surface area contributed by atoms with Crippen LogP contribution in [0.15, 0.2) is 24.3 Å². The molecule has 0 aliphatic rings. The number of hydrogen-bond donors (Lipinski definition) is 1. The van der Waals surface area contributed by atoms with Crippen LogP contribution in [-0.2, 0) is 35.0 Å². The number of aromatic hydroxyl groups is 1. The van der Waals surface area contributed by atoms with Gasteiger partial charge in [-0.3, -0.25) is 14.4 Å². The zero-order valence-electron chi connectivity index (χ0n) is 25.7. The molecule has 0 aromatic heterocycles. The lowest BCUT2D eigenvalue weighted by Gasteiger charge is -2.27. The fourth-order valence-electron chi connectivity index (χ4n) is 4.35. The van der Waals surface area contributed by atoms with Crippen LogP contribution in [0.25, 0.3) is 0 Å². The van der Waals surface area contributed by atoms with Gasteiger partial charge in [-0.15, -0.1) is 0 Å². The number of rotatable bonds is 14. The lowest BCUT2D eigenvalue weighted by Crippen LogP contribution is -2.33. The lowest BCUT2D eigenvalue weighted by molar-refractivity contribution is -0.168. The van der Waals surface area contributed by atoms with Gasteiger partial charge in [0.1, 0.15) is 22.6 Å². The van der Waals surface area contributed by atoms with Crippen molar-refractivity contribution in [2.75, 3.05) is 0 Å². The molecule has 0 saturated carbocycles. The molecule has 2 atom stereocenters. The molecular weight excluding hydrogens is 496 g/mol. The van der Waals surface area contributed by atoms with Gasteiger partial charge < -0.3 is 19.3 Å². The number of esters is 3. The van der Waals surface area contributed by atoms with E-state index in [1.54, 1.807) is 12.1 Å². The van der Waals surface area contributed by atoms with E-state index in [-0.39, 0.29) is 30.0 Å². The van der Waals surface area contributed by atoms with Crippen molar-refractivity contribution in [1.29, 1.82) is 0 Å². The highest BCUT2D eigenvalue weighted by molar-refractivity contribution is 5.80. The molecule has 1 N–H and O–H groups in total. The number of ether oxygens (including phenoxy) is 3. The van der Waals surface area contributed by atoms with Gasteiger partial charge in [-0.1, -0.05) is 37.8 Å². The summed E-state index contributed by atoms with van der Waals surface area (Å²) in [6.07, 6.45) is 6.02. The lowest BCUT2D eigenvalue weighted by atomic mass is 9.84. The monoisotopic (exact) mass is 548 g/mol. The highest BCUT2D eigenvalue weighted by atomic mass is 16.6. The van der Waals surface area contributed by atoms with E-state index in [0.717, 1.165) is 37.7 Å². The Hall–Kier alpha value is -2.57. The average molecular weight is 549 g/mol. The second kappa shape index (κ2) is 15.3. The molecule has 1 aromatic carbocycles. The first-order valence-electron chi connectivity index (χ1n) is 14.3. The van der Waals surface area contributed by atoms with Gasteiger partial charge in [-0.25, -0.2) is 0 Å². The zero-order valence-corrected chi connectivity index (χ0v) is 25.7. The quantitative estimate of drug-likeness (QED) is 0.148. The van der Waals surface area contributed by atoms with E-state index in [1.165, 1.54) is 0 Å². The van der Waals surface area contributed by atoms with Crippen LogP contribution in [0.2, 0.25) is 0 Å². The number of benzene rings is 1. The Kier molecular flexibility index (Phi) is 13.5. The van der Waals surface area contributed by atoms with Crippen molar-refractivity contribution >= 4 is 17.9 Å². The average Bonchev–Trinajstić information content (AvgIpc) is 2.73. The van der Waals surface area contributed by atoms with E-state index in [2.05, 4.69) is 0 Å². The molecule has 0 heterocycles. The van der Waals surface area contributed by atoms with Gasteiger partial charge in [0, 0.05) is 6.42 Å². The van der Waals surface area contributed by atoms with Crippen LogP contribution in [-0.4, -0.2) is 39.8 Å². The van der Waals surface area contributed by atoms with Crippen LogP contribution in [0.5, 0.6) is 5.75 Å². The second-order valence-electron chi connectivity index (χ2n) is 13.5. The maximum absolute atomic E-state index is 13.2. The molecule has 0 radical (unpaired) electrons. The number of carbonyl (C=O) groups is 3. The van der Waals surface area contributed by atoms with Crippen molar-refractivity contribution < 1.29 is 33.7 Å². The third-order valence-electron chi connectivity index (χ3n) is 5.82. The summed E-state index contributed by atoms with van der Waals surface area (Å²) in [6, 6.07) is 7.10. The van der Waals surface area contributed by atoms with E-state index >= 15 is 0 Å². The number of unbranched alkanes of at least 4 members (excludes halogenated alkanes) is 3. The smallest absolute Gasteiger partial charge is 0.310 e. The van der Waals surface area contributed by atoms with Gasteiger partial charge in [0.05, 0.1) is 12.3 Å². The SMILES string of the molecule is CC(C)(C)OC(=O)CCCCCCC(Cc1ccc(O)cc1)CC(CC(=O)OC(C)(C)C)C(=O)OC(C)(C)C. The fraction of sp³-hybridized carbons (Fsp3) is 0.719. The number of phenolic OH excluding ortho intramolecular Hbond substituents is 1. The molecule has 0 bridgehead atoms. The van der Waals surface area contributed by atoms with Gasteiger partial charge in [0.25, 0.3) is 0 Å². The molecule has 0 saturated heterocycles.